The molecule has 3 nitrogen and oxygen atoms in total. The summed E-state index contributed by atoms with van der Waals surface area (Å²) in [6, 6.07) is 13.1. The molecule has 1 unspecified atom stereocenters. The van der Waals surface area contributed by atoms with Gasteiger partial charge in [-0.3, -0.25) is 0 Å². The van der Waals surface area contributed by atoms with Crippen LogP contribution in [-0.4, -0.2) is 20.4 Å². The van der Waals surface area contributed by atoms with Crippen molar-refractivity contribution in [3.8, 4) is 5.75 Å². The summed E-state index contributed by atoms with van der Waals surface area (Å²) in [4.78, 5) is 0. The summed E-state index contributed by atoms with van der Waals surface area (Å²) >= 11 is 0. The molecule has 26 heavy (non-hydrogen) atoms. The fraction of sp³-hybridized carbons (Fsp3) is 0.455. The van der Waals surface area contributed by atoms with Gasteiger partial charge < -0.3 is 14.8 Å². The number of rotatable bonds is 8. The Kier molecular flexibility index (Phi) is 7.64. The van der Waals surface area contributed by atoms with Gasteiger partial charge in [0.2, 0.25) is 0 Å². The highest BCUT2D eigenvalue weighted by Crippen LogP contribution is 2.33. The van der Waals surface area contributed by atoms with Crippen molar-refractivity contribution in [3.05, 3.63) is 53.1 Å². The van der Waals surface area contributed by atoms with Gasteiger partial charge in [0.05, 0.1) is 0 Å². The van der Waals surface area contributed by atoms with Crippen LogP contribution in [0.5, 0.6) is 5.75 Å². The molecule has 0 aliphatic heterocycles. The first-order valence-electron chi connectivity index (χ1n) is 9.20. The number of para-hydroxylation sites is 1. The second-order valence-corrected chi connectivity index (χ2v) is 8.79. The number of hydrogen-bond acceptors (Lipinski definition) is 3. The minimum Gasteiger partial charge on any atom is -0.467 e. The average Bonchev–Trinajstić information content (AvgIpc) is 2.60. The Hall–Kier alpha value is -1.41. The second-order valence-electron chi connectivity index (χ2n) is 7.50. The highest BCUT2D eigenvalue weighted by Gasteiger charge is 2.22. The van der Waals surface area contributed by atoms with E-state index in [0.29, 0.717) is 8.58 Å². The van der Waals surface area contributed by atoms with Crippen molar-refractivity contribution in [2.45, 2.75) is 46.6 Å². The van der Waals surface area contributed by atoms with Gasteiger partial charge in [0.1, 0.15) is 5.75 Å². The van der Waals surface area contributed by atoms with Gasteiger partial charge in [0.25, 0.3) is 0 Å². The largest absolute Gasteiger partial charge is 0.467 e. The van der Waals surface area contributed by atoms with Gasteiger partial charge in [-0.05, 0) is 35.3 Å². The highest BCUT2D eigenvalue weighted by molar-refractivity contribution is 7.56. The molecule has 2 aromatic rings. The van der Waals surface area contributed by atoms with Crippen LogP contribution in [0.1, 0.15) is 44.4 Å². The van der Waals surface area contributed by atoms with Crippen molar-refractivity contribution in [1.82, 2.24) is 5.32 Å². The summed E-state index contributed by atoms with van der Waals surface area (Å²) in [7, 11) is 2.21. The first-order valence-corrected chi connectivity index (χ1v) is 10.2. The predicted molar refractivity (Wildman–Crippen MR) is 114 cm³/mol. The van der Waals surface area contributed by atoms with Crippen LogP contribution in [0.2, 0.25) is 0 Å². The molecule has 0 aromatic heterocycles. The van der Waals surface area contributed by atoms with Gasteiger partial charge in [0.15, 0.2) is 6.79 Å². The third kappa shape index (κ3) is 5.30. The molecular formula is C22H32NO2P. The molecule has 0 aliphatic carbocycles. The number of ether oxygens (including phenoxy) is 2. The SMILES string of the molecule is CCNCc1cccc(C)c1Pc1cccc(C(C)(C)C)c1OCOC. The lowest BCUT2D eigenvalue weighted by Crippen LogP contribution is -2.22. The standard InChI is InChI=1S/C22H32NO2P/c1-7-23-14-17-11-8-10-16(2)21(17)26-19-13-9-12-18(22(3,4)5)20(19)25-15-24-6/h8-13,23,26H,7,14-15H2,1-6H3. The number of hydrogen-bond donors (Lipinski definition) is 1. The minimum absolute atomic E-state index is 0.0158. The molecule has 0 amide bonds. The lowest BCUT2D eigenvalue weighted by Gasteiger charge is -2.25. The van der Waals surface area contributed by atoms with Crippen LogP contribution in [0.4, 0.5) is 0 Å². The Balaban J connectivity index is 2.46. The van der Waals surface area contributed by atoms with Crippen LogP contribution in [0.25, 0.3) is 0 Å². The molecule has 0 heterocycles. The van der Waals surface area contributed by atoms with Crippen LogP contribution in [0, 0.1) is 6.92 Å². The molecule has 1 atom stereocenters. The van der Waals surface area contributed by atoms with Crippen molar-refractivity contribution < 1.29 is 9.47 Å². The van der Waals surface area contributed by atoms with Gasteiger partial charge >= 0.3 is 0 Å². The third-order valence-corrected chi connectivity index (χ3v) is 5.96. The first kappa shape index (κ1) is 20.9. The van der Waals surface area contributed by atoms with E-state index < -0.39 is 0 Å². The number of methoxy groups -OCH3 is 1. The predicted octanol–water partition coefficient (Wildman–Crippen LogP) is 4.01. The summed E-state index contributed by atoms with van der Waals surface area (Å²) in [5, 5.41) is 6.10. The smallest absolute Gasteiger partial charge is 0.188 e. The van der Waals surface area contributed by atoms with Crippen LogP contribution in [0.15, 0.2) is 36.4 Å². The molecule has 2 rings (SSSR count). The van der Waals surface area contributed by atoms with Crippen molar-refractivity contribution in [2.75, 3.05) is 20.4 Å². The topological polar surface area (TPSA) is 30.5 Å². The van der Waals surface area contributed by atoms with Crippen molar-refractivity contribution in [3.63, 3.8) is 0 Å². The Morgan fingerprint density at radius 2 is 1.81 bits per heavy atom. The summed E-state index contributed by atoms with van der Waals surface area (Å²) in [6.07, 6.45) is 0. The van der Waals surface area contributed by atoms with Gasteiger partial charge in [-0.25, -0.2) is 0 Å². The third-order valence-electron chi connectivity index (χ3n) is 4.33. The van der Waals surface area contributed by atoms with Crippen molar-refractivity contribution >= 4 is 19.2 Å². The van der Waals surface area contributed by atoms with E-state index in [2.05, 4.69) is 76.3 Å². The zero-order chi connectivity index (χ0) is 19.2. The van der Waals surface area contributed by atoms with E-state index in [1.807, 2.05) is 0 Å². The second kappa shape index (κ2) is 9.50. The fourth-order valence-electron chi connectivity index (χ4n) is 2.95. The first-order chi connectivity index (χ1) is 12.4. The van der Waals surface area contributed by atoms with Gasteiger partial charge in [-0.2, -0.15) is 0 Å². The van der Waals surface area contributed by atoms with E-state index in [9.17, 15) is 0 Å². The maximum absolute atomic E-state index is 6.05. The number of nitrogens with one attached hydrogen (secondary N) is 1. The van der Waals surface area contributed by atoms with Crippen molar-refractivity contribution in [2.24, 2.45) is 0 Å². The normalized spacial score (nSPS) is 12.1. The van der Waals surface area contributed by atoms with E-state index in [1.165, 1.54) is 27.3 Å². The summed E-state index contributed by atoms with van der Waals surface area (Å²) in [5.74, 6) is 0.970. The van der Waals surface area contributed by atoms with E-state index in [1.54, 1.807) is 7.11 Å². The van der Waals surface area contributed by atoms with Crippen molar-refractivity contribution in [1.29, 1.82) is 0 Å². The van der Waals surface area contributed by atoms with Crippen LogP contribution in [0.3, 0.4) is 0 Å². The van der Waals surface area contributed by atoms with E-state index in [4.69, 9.17) is 9.47 Å². The maximum atomic E-state index is 6.05. The van der Waals surface area contributed by atoms with E-state index in [-0.39, 0.29) is 12.2 Å². The van der Waals surface area contributed by atoms with Crippen LogP contribution >= 0.6 is 8.58 Å². The highest BCUT2D eigenvalue weighted by atomic mass is 31.1. The molecule has 0 aliphatic rings. The minimum atomic E-state index is 0.0158. The molecule has 142 valence electrons. The molecule has 1 N–H and O–H groups in total. The van der Waals surface area contributed by atoms with Gasteiger partial charge in [0, 0.05) is 24.5 Å². The molecule has 0 spiro atoms. The zero-order valence-electron chi connectivity index (χ0n) is 16.9. The number of aryl methyl sites for hydroxylation is 1. The van der Waals surface area contributed by atoms with Crippen LogP contribution in [-0.2, 0) is 16.7 Å². The van der Waals surface area contributed by atoms with E-state index in [0.717, 1.165) is 18.8 Å². The molecular weight excluding hydrogens is 341 g/mol. The maximum Gasteiger partial charge on any atom is 0.188 e. The lowest BCUT2D eigenvalue weighted by molar-refractivity contribution is 0.0506. The summed E-state index contributed by atoms with van der Waals surface area (Å²) < 4.78 is 11.2. The Morgan fingerprint density at radius 3 is 2.46 bits per heavy atom. The molecule has 2 aromatic carbocycles. The molecule has 0 bridgehead atoms. The van der Waals surface area contributed by atoms with Crippen LogP contribution < -0.4 is 20.7 Å². The zero-order valence-corrected chi connectivity index (χ0v) is 17.9. The Bertz CT molecular complexity index is 723. The number of benzene rings is 2. The van der Waals surface area contributed by atoms with Gasteiger partial charge in [-0.15, -0.1) is 0 Å². The monoisotopic (exact) mass is 373 g/mol. The molecule has 0 saturated heterocycles. The fourth-order valence-corrected chi connectivity index (χ4v) is 4.33. The van der Waals surface area contributed by atoms with E-state index >= 15 is 0 Å². The summed E-state index contributed by atoms with van der Waals surface area (Å²) in [5.41, 5.74) is 3.94. The van der Waals surface area contributed by atoms with Gasteiger partial charge in [-0.1, -0.05) is 72.7 Å². The molecule has 0 saturated carbocycles. The Labute approximate surface area is 160 Å². The quantitative estimate of drug-likeness (QED) is 0.560. The average molecular weight is 373 g/mol. The summed E-state index contributed by atoms with van der Waals surface area (Å²) in [6.45, 7) is 13.1. The lowest BCUT2D eigenvalue weighted by atomic mass is 9.86. The molecule has 0 radical (unpaired) electrons. The molecule has 4 heteroatoms. The Morgan fingerprint density at radius 1 is 1.08 bits per heavy atom. The molecule has 0 fully saturated rings.